The summed E-state index contributed by atoms with van der Waals surface area (Å²) >= 11 is 7.95. The largest absolute Gasteiger partial charge is 0.316 e. The molecule has 0 spiro atoms. The van der Waals surface area contributed by atoms with Gasteiger partial charge >= 0.3 is 0 Å². The Morgan fingerprint density at radius 2 is 2.38 bits per heavy atom. The van der Waals surface area contributed by atoms with Crippen molar-refractivity contribution in [1.82, 2.24) is 5.32 Å². The van der Waals surface area contributed by atoms with Gasteiger partial charge in [0, 0.05) is 16.7 Å². The third-order valence-corrected chi connectivity index (χ3v) is 4.12. The SMILES string of the molecule is CNC1CSc2c(Cl)cccc2C1. The highest BCUT2D eigenvalue weighted by molar-refractivity contribution is 7.99. The normalized spacial score (nSPS) is 21.2. The van der Waals surface area contributed by atoms with Gasteiger partial charge in [-0.3, -0.25) is 0 Å². The molecule has 0 aliphatic carbocycles. The lowest BCUT2D eigenvalue weighted by atomic mass is 10.1. The van der Waals surface area contributed by atoms with Crippen LogP contribution in [0.15, 0.2) is 23.1 Å². The van der Waals surface area contributed by atoms with Crippen LogP contribution in [0, 0.1) is 0 Å². The topological polar surface area (TPSA) is 12.0 Å². The molecule has 2 rings (SSSR count). The highest BCUT2D eigenvalue weighted by Crippen LogP contribution is 2.35. The molecule has 1 heterocycles. The van der Waals surface area contributed by atoms with Crippen molar-refractivity contribution in [3.05, 3.63) is 28.8 Å². The molecule has 13 heavy (non-hydrogen) atoms. The van der Waals surface area contributed by atoms with Crippen molar-refractivity contribution < 1.29 is 0 Å². The fourth-order valence-corrected chi connectivity index (χ4v) is 3.12. The van der Waals surface area contributed by atoms with Crippen LogP contribution < -0.4 is 5.32 Å². The van der Waals surface area contributed by atoms with Gasteiger partial charge in [-0.2, -0.15) is 0 Å². The predicted octanol–water partition coefficient (Wildman–Crippen LogP) is 2.58. The lowest BCUT2D eigenvalue weighted by Gasteiger charge is -2.24. The van der Waals surface area contributed by atoms with Crippen LogP contribution in [-0.4, -0.2) is 18.8 Å². The van der Waals surface area contributed by atoms with Gasteiger partial charge in [0.1, 0.15) is 0 Å². The van der Waals surface area contributed by atoms with Crippen LogP contribution in [0.3, 0.4) is 0 Å². The van der Waals surface area contributed by atoms with E-state index >= 15 is 0 Å². The third-order valence-electron chi connectivity index (χ3n) is 2.35. The monoisotopic (exact) mass is 213 g/mol. The number of rotatable bonds is 1. The van der Waals surface area contributed by atoms with Crippen LogP contribution in [-0.2, 0) is 6.42 Å². The summed E-state index contributed by atoms with van der Waals surface area (Å²) in [5, 5.41) is 4.20. The molecule has 0 aromatic heterocycles. The molecule has 1 aliphatic heterocycles. The first kappa shape index (κ1) is 9.38. The second kappa shape index (κ2) is 3.91. The Kier molecular flexibility index (Phi) is 2.82. The van der Waals surface area contributed by atoms with E-state index in [9.17, 15) is 0 Å². The number of nitrogens with one attached hydrogen (secondary N) is 1. The zero-order chi connectivity index (χ0) is 9.26. The summed E-state index contributed by atoms with van der Waals surface area (Å²) < 4.78 is 0. The van der Waals surface area contributed by atoms with Crippen molar-refractivity contribution in [2.24, 2.45) is 0 Å². The number of thioether (sulfide) groups is 1. The molecule has 1 unspecified atom stereocenters. The first-order chi connectivity index (χ1) is 6.31. The average Bonchev–Trinajstić information content (AvgIpc) is 2.18. The fourth-order valence-electron chi connectivity index (χ4n) is 1.57. The van der Waals surface area contributed by atoms with E-state index in [1.165, 1.54) is 10.5 Å². The van der Waals surface area contributed by atoms with Crippen molar-refractivity contribution in [3.8, 4) is 0 Å². The minimum absolute atomic E-state index is 0.593. The molecule has 0 saturated heterocycles. The van der Waals surface area contributed by atoms with Gasteiger partial charge in [0.2, 0.25) is 0 Å². The molecule has 1 nitrogen and oxygen atoms in total. The van der Waals surface area contributed by atoms with Crippen LogP contribution in [0.5, 0.6) is 0 Å². The Labute approximate surface area is 87.9 Å². The third kappa shape index (κ3) is 1.85. The van der Waals surface area contributed by atoms with E-state index in [2.05, 4.69) is 11.4 Å². The van der Waals surface area contributed by atoms with E-state index in [4.69, 9.17) is 11.6 Å². The molecule has 3 heteroatoms. The summed E-state index contributed by atoms with van der Waals surface area (Å²) in [6.45, 7) is 0. The summed E-state index contributed by atoms with van der Waals surface area (Å²) in [5.74, 6) is 1.12. The maximum atomic E-state index is 6.09. The fraction of sp³-hybridized carbons (Fsp3) is 0.400. The minimum Gasteiger partial charge on any atom is -0.316 e. The van der Waals surface area contributed by atoms with Gasteiger partial charge in [0.15, 0.2) is 0 Å². The van der Waals surface area contributed by atoms with Crippen LogP contribution in [0.1, 0.15) is 5.56 Å². The molecular weight excluding hydrogens is 202 g/mol. The molecule has 0 amide bonds. The van der Waals surface area contributed by atoms with E-state index in [1.54, 1.807) is 0 Å². The lowest BCUT2D eigenvalue weighted by molar-refractivity contribution is 0.605. The molecule has 1 aromatic rings. The number of halogens is 1. The summed E-state index contributed by atoms with van der Waals surface area (Å²) in [6.07, 6.45) is 1.10. The maximum Gasteiger partial charge on any atom is 0.0544 e. The second-order valence-corrected chi connectivity index (χ2v) is 4.67. The van der Waals surface area contributed by atoms with Crippen molar-refractivity contribution in [2.75, 3.05) is 12.8 Å². The van der Waals surface area contributed by atoms with E-state index in [1.807, 2.05) is 30.9 Å². The zero-order valence-corrected chi connectivity index (χ0v) is 9.08. The molecule has 1 aromatic carbocycles. The molecule has 1 N–H and O–H groups in total. The summed E-state index contributed by atoms with van der Waals surface area (Å²) in [7, 11) is 2.01. The van der Waals surface area contributed by atoms with E-state index in [0.717, 1.165) is 17.2 Å². The Morgan fingerprint density at radius 1 is 1.54 bits per heavy atom. The summed E-state index contributed by atoms with van der Waals surface area (Å²) in [5.41, 5.74) is 1.38. The van der Waals surface area contributed by atoms with Crippen molar-refractivity contribution in [2.45, 2.75) is 17.4 Å². The Hall–Kier alpha value is -0.180. The number of hydrogen-bond acceptors (Lipinski definition) is 2. The molecule has 0 saturated carbocycles. The van der Waals surface area contributed by atoms with E-state index in [-0.39, 0.29) is 0 Å². The standard InChI is InChI=1S/C10H12ClNS/c1-12-8-5-7-3-2-4-9(11)10(7)13-6-8/h2-4,8,12H,5-6H2,1H3. The van der Waals surface area contributed by atoms with Crippen LogP contribution in [0.2, 0.25) is 5.02 Å². The molecule has 1 aliphatic rings. The van der Waals surface area contributed by atoms with Crippen molar-refractivity contribution >= 4 is 23.4 Å². The first-order valence-electron chi connectivity index (χ1n) is 4.38. The first-order valence-corrected chi connectivity index (χ1v) is 5.75. The van der Waals surface area contributed by atoms with Crippen LogP contribution in [0.25, 0.3) is 0 Å². The van der Waals surface area contributed by atoms with Crippen molar-refractivity contribution in [3.63, 3.8) is 0 Å². The zero-order valence-electron chi connectivity index (χ0n) is 7.51. The minimum atomic E-state index is 0.593. The van der Waals surface area contributed by atoms with Gasteiger partial charge in [-0.1, -0.05) is 23.7 Å². The smallest absolute Gasteiger partial charge is 0.0544 e. The molecule has 0 radical (unpaired) electrons. The summed E-state index contributed by atoms with van der Waals surface area (Å²) in [6, 6.07) is 6.75. The summed E-state index contributed by atoms with van der Waals surface area (Å²) in [4.78, 5) is 1.27. The van der Waals surface area contributed by atoms with Crippen LogP contribution >= 0.6 is 23.4 Å². The van der Waals surface area contributed by atoms with E-state index < -0.39 is 0 Å². The number of fused-ring (bicyclic) bond motifs is 1. The van der Waals surface area contributed by atoms with Crippen molar-refractivity contribution in [1.29, 1.82) is 0 Å². The molecular formula is C10H12ClNS. The lowest BCUT2D eigenvalue weighted by Crippen LogP contribution is -2.32. The Balaban J connectivity index is 2.31. The van der Waals surface area contributed by atoms with Gasteiger partial charge in [-0.25, -0.2) is 0 Å². The maximum absolute atomic E-state index is 6.09. The van der Waals surface area contributed by atoms with Crippen LogP contribution in [0.4, 0.5) is 0 Å². The highest BCUT2D eigenvalue weighted by atomic mass is 35.5. The van der Waals surface area contributed by atoms with Gasteiger partial charge in [0.25, 0.3) is 0 Å². The van der Waals surface area contributed by atoms with E-state index in [0.29, 0.717) is 6.04 Å². The Bertz CT molecular complexity index is 314. The molecule has 0 bridgehead atoms. The predicted molar refractivity (Wildman–Crippen MR) is 58.7 cm³/mol. The van der Waals surface area contributed by atoms with Gasteiger partial charge < -0.3 is 5.32 Å². The second-order valence-electron chi connectivity index (χ2n) is 3.23. The van der Waals surface area contributed by atoms with Gasteiger partial charge in [0.05, 0.1) is 5.02 Å². The molecule has 0 fully saturated rings. The number of likely N-dealkylation sites (N-methyl/N-ethyl adjacent to an activating group) is 1. The molecule has 70 valence electrons. The quantitative estimate of drug-likeness (QED) is 0.770. The number of benzene rings is 1. The number of hydrogen-bond donors (Lipinski definition) is 1. The van der Waals surface area contributed by atoms with Gasteiger partial charge in [-0.15, -0.1) is 11.8 Å². The highest BCUT2D eigenvalue weighted by Gasteiger charge is 2.18. The Morgan fingerprint density at radius 3 is 3.15 bits per heavy atom. The average molecular weight is 214 g/mol. The van der Waals surface area contributed by atoms with Gasteiger partial charge in [-0.05, 0) is 25.1 Å². The molecule has 1 atom stereocenters.